The van der Waals surface area contributed by atoms with Crippen molar-refractivity contribution in [2.75, 3.05) is 6.54 Å². The van der Waals surface area contributed by atoms with E-state index in [0.29, 0.717) is 6.42 Å². The molecular weight excluding hydrogens is 166 g/mol. The van der Waals surface area contributed by atoms with Crippen molar-refractivity contribution in [3.05, 3.63) is 31.5 Å². The first-order chi connectivity index (χ1) is 6.34. The molecule has 1 saturated heterocycles. The number of amides is 1. The molecule has 1 aromatic heterocycles. The Morgan fingerprint density at radius 1 is 1.69 bits per heavy atom. The number of carbonyl (C=O) groups excluding carboxylic acids is 1. The lowest BCUT2D eigenvalue weighted by atomic mass is 10.4. The van der Waals surface area contributed by atoms with Crippen LogP contribution in [-0.2, 0) is 4.79 Å². The van der Waals surface area contributed by atoms with Crippen LogP contribution in [0.5, 0.6) is 0 Å². The number of aromatic amines is 1. The highest BCUT2D eigenvalue weighted by molar-refractivity contribution is 5.78. The Morgan fingerprint density at radius 2 is 2.54 bits per heavy atom. The molecule has 0 unspecified atom stereocenters. The van der Waals surface area contributed by atoms with E-state index in [9.17, 15) is 4.79 Å². The minimum Gasteiger partial charge on any atom is -0.351 e. The average Bonchev–Trinajstić information content (AvgIpc) is 2.76. The number of nitrogens with one attached hydrogen (secondary N) is 1. The summed E-state index contributed by atoms with van der Waals surface area (Å²) in [4.78, 5) is 18.7. The number of likely N-dealkylation sites (tertiary alicyclic amines) is 1. The summed E-state index contributed by atoms with van der Waals surface area (Å²) in [5, 5.41) is 0. The smallest absolute Gasteiger partial charge is 0.226 e. The van der Waals surface area contributed by atoms with Crippen molar-refractivity contribution < 1.29 is 4.79 Å². The summed E-state index contributed by atoms with van der Waals surface area (Å²) in [6.45, 7) is 4.36. The van der Waals surface area contributed by atoms with Crippen molar-refractivity contribution in [1.29, 1.82) is 0 Å². The molecule has 0 bridgehead atoms. The van der Waals surface area contributed by atoms with Gasteiger partial charge in [0, 0.05) is 25.4 Å². The normalized spacial score (nSPS) is 15.1. The molecule has 0 aromatic carbocycles. The highest BCUT2D eigenvalue weighted by Gasteiger charge is 2.15. The van der Waals surface area contributed by atoms with Crippen LogP contribution in [0.4, 0.5) is 0 Å². The molecular formula is C9H13N3O. The van der Waals surface area contributed by atoms with E-state index in [1.807, 2.05) is 0 Å². The first kappa shape index (κ1) is 9.51. The largest absolute Gasteiger partial charge is 0.351 e. The third-order valence-electron chi connectivity index (χ3n) is 1.74. The minimum absolute atomic E-state index is 0.208. The van der Waals surface area contributed by atoms with Crippen molar-refractivity contribution in [2.24, 2.45) is 0 Å². The molecule has 1 N–H and O–H groups in total. The van der Waals surface area contributed by atoms with Crippen LogP contribution in [-0.4, -0.2) is 27.3 Å². The summed E-state index contributed by atoms with van der Waals surface area (Å²) in [6, 6.07) is 0. The van der Waals surface area contributed by atoms with E-state index in [1.165, 1.54) is 0 Å². The maximum atomic E-state index is 10.7. The minimum atomic E-state index is 0.208. The van der Waals surface area contributed by atoms with Gasteiger partial charge in [0.05, 0.1) is 6.33 Å². The van der Waals surface area contributed by atoms with Gasteiger partial charge < -0.3 is 9.88 Å². The van der Waals surface area contributed by atoms with E-state index in [4.69, 9.17) is 0 Å². The Morgan fingerprint density at radius 3 is 2.77 bits per heavy atom. The van der Waals surface area contributed by atoms with Crippen molar-refractivity contribution in [3.63, 3.8) is 0 Å². The molecule has 0 aliphatic carbocycles. The fraction of sp³-hybridized carbons (Fsp3) is 0.333. The number of imidazole rings is 1. The van der Waals surface area contributed by atoms with Gasteiger partial charge in [-0.25, -0.2) is 4.98 Å². The predicted octanol–water partition coefficient (Wildman–Crippen LogP) is 1.16. The average molecular weight is 179 g/mol. The number of hydrogen-bond acceptors (Lipinski definition) is 2. The molecule has 0 saturated carbocycles. The van der Waals surface area contributed by atoms with Gasteiger partial charge in [-0.15, -0.1) is 0 Å². The number of rotatable bonds is 1. The molecule has 70 valence electrons. The van der Waals surface area contributed by atoms with Crippen LogP contribution in [0.3, 0.4) is 0 Å². The summed E-state index contributed by atoms with van der Waals surface area (Å²) in [7, 11) is 0. The topological polar surface area (TPSA) is 49.0 Å². The van der Waals surface area contributed by atoms with E-state index in [1.54, 1.807) is 29.8 Å². The van der Waals surface area contributed by atoms with Crippen LogP contribution in [0.25, 0.3) is 0 Å². The SMILES string of the molecule is C=CN1CCCC1=O.c1c[nH]cn1. The van der Waals surface area contributed by atoms with Crippen molar-refractivity contribution >= 4 is 5.91 Å². The van der Waals surface area contributed by atoms with Gasteiger partial charge in [0.1, 0.15) is 0 Å². The lowest BCUT2D eigenvalue weighted by Gasteiger charge is -2.05. The molecule has 1 amide bonds. The molecule has 1 aromatic rings. The molecule has 0 atom stereocenters. The molecule has 1 aliphatic heterocycles. The van der Waals surface area contributed by atoms with E-state index in [-0.39, 0.29) is 5.91 Å². The van der Waals surface area contributed by atoms with Gasteiger partial charge in [-0.1, -0.05) is 6.58 Å². The number of aromatic nitrogens is 2. The quantitative estimate of drug-likeness (QED) is 0.703. The van der Waals surface area contributed by atoms with Gasteiger partial charge in [0.2, 0.25) is 5.91 Å². The number of nitrogens with zero attached hydrogens (tertiary/aromatic N) is 2. The Balaban J connectivity index is 0.000000145. The Labute approximate surface area is 77.3 Å². The summed E-state index contributed by atoms with van der Waals surface area (Å²) < 4.78 is 0. The van der Waals surface area contributed by atoms with Crippen molar-refractivity contribution in [1.82, 2.24) is 14.9 Å². The summed E-state index contributed by atoms with van der Waals surface area (Å²) in [5.74, 6) is 0.208. The lowest BCUT2D eigenvalue weighted by Crippen LogP contribution is -2.16. The van der Waals surface area contributed by atoms with Gasteiger partial charge in [-0.05, 0) is 12.6 Å². The third kappa shape index (κ3) is 3.11. The zero-order valence-electron chi connectivity index (χ0n) is 7.44. The zero-order chi connectivity index (χ0) is 9.52. The Kier molecular flexibility index (Phi) is 3.75. The van der Waals surface area contributed by atoms with Crippen molar-refractivity contribution in [3.8, 4) is 0 Å². The number of H-pyrrole nitrogens is 1. The number of hydrogen-bond donors (Lipinski definition) is 1. The lowest BCUT2D eigenvalue weighted by molar-refractivity contribution is -0.125. The first-order valence-corrected chi connectivity index (χ1v) is 4.19. The molecule has 0 spiro atoms. The molecule has 4 heteroatoms. The Hall–Kier alpha value is -1.58. The van der Waals surface area contributed by atoms with Crippen LogP contribution in [0, 0.1) is 0 Å². The maximum absolute atomic E-state index is 10.7. The fourth-order valence-electron chi connectivity index (χ4n) is 1.08. The first-order valence-electron chi connectivity index (χ1n) is 4.19. The molecule has 1 fully saturated rings. The third-order valence-corrected chi connectivity index (χ3v) is 1.74. The summed E-state index contributed by atoms with van der Waals surface area (Å²) >= 11 is 0. The van der Waals surface area contributed by atoms with E-state index in [0.717, 1.165) is 13.0 Å². The van der Waals surface area contributed by atoms with Gasteiger partial charge in [-0.2, -0.15) is 0 Å². The van der Waals surface area contributed by atoms with Crippen LogP contribution in [0.15, 0.2) is 31.5 Å². The second-order valence-corrected chi connectivity index (χ2v) is 2.63. The zero-order valence-corrected chi connectivity index (χ0v) is 7.44. The standard InChI is InChI=1S/C6H9NO.C3H4N2/c1-2-7-5-3-4-6(7)8;1-2-5-3-4-1/h2H,1,3-5H2;1-3H,(H,4,5). The van der Waals surface area contributed by atoms with Gasteiger partial charge in [-0.3, -0.25) is 4.79 Å². The maximum Gasteiger partial charge on any atom is 0.226 e. The van der Waals surface area contributed by atoms with Crippen LogP contribution >= 0.6 is 0 Å². The highest BCUT2D eigenvalue weighted by atomic mass is 16.2. The van der Waals surface area contributed by atoms with E-state index < -0.39 is 0 Å². The van der Waals surface area contributed by atoms with Crippen LogP contribution < -0.4 is 0 Å². The molecule has 13 heavy (non-hydrogen) atoms. The highest BCUT2D eigenvalue weighted by Crippen LogP contribution is 2.08. The van der Waals surface area contributed by atoms with Crippen LogP contribution in [0.2, 0.25) is 0 Å². The Bertz CT molecular complexity index is 239. The summed E-state index contributed by atoms with van der Waals surface area (Å²) in [5.41, 5.74) is 0. The summed E-state index contributed by atoms with van der Waals surface area (Å²) in [6.07, 6.45) is 8.37. The monoisotopic (exact) mass is 179 g/mol. The van der Waals surface area contributed by atoms with E-state index in [2.05, 4.69) is 16.5 Å². The van der Waals surface area contributed by atoms with Gasteiger partial charge >= 0.3 is 0 Å². The molecule has 0 radical (unpaired) electrons. The predicted molar refractivity (Wildman–Crippen MR) is 49.7 cm³/mol. The second kappa shape index (κ2) is 5.13. The fourth-order valence-corrected chi connectivity index (χ4v) is 1.08. The molecule has 2 rings (SSSR count). The van der Waals surface area contributed by atoms with Gasteiger partial charge in [0.15, 0.2) is 0 Å². The van der Waals surface area contributed by atoms with Gasteiger partial charge in [0.25, 0.3) is 0 Å². The van der Waals surface area contributed by atoms with Crippen LogP contribution in [0.1, 0.15) is 12.8 Å². The second-order valence-electron chi connectivity index (χ2n) is 2.63. The molecule has 2 heterocycles. The molecule has 1 aliphatic rings. The van der Waals surface area contributed by atoms with Crippen molar-refractivity contribution in [2.45, 2.75) is 12.8 Å². The molecule has 4 nitrogen and oxygen atoms in total. The van der Waals surface area contributed by atoms with E-state index >= 15 is 0 Å². The number of carbonyl (C=O) groups is 1.